The Kier molecular flexibility index (Phi) is 6.02. The van der Waals surface area contributed by atoms with E-state index in [1.165, 1.54) is 41.7 Å². The van der Waals surface area contributed by atoms with E-state index in [1.807, 2.05) is 31.1 Å². The van der Waals surface area contributed by atoms with Gasteiger partial charge in [0.2, 0.25) is 9.84 Å². The molecule has 0 unspecified atom stereocenters. The Morgan fingerprint density at radius 1 is 1.03 bits per heavy atom. The van der Waals surface area contributed by atoms with Crippen LogP contribution in [0.1, 0.15) is 25.6 Å². The van der Waals surface area contributed by atoms with Crippen LogP contribution in [0.25, 0.3) is 10.6 Å². The molecule has 4 aromatic rings. The summed E-state index contributed by atoms with van der Waals surface area (Å²) in [5.41, 5.74) is 1.24. The van der Waals surface area contributed by atoms with E-state index >= 15 is 0 Å². The van der Waals surface area contributed by atoms with E-state index in [4.69, 9.17) is 0 Å². The molecule has 182 valence electrons. The quantitative estimate of drug-likeness (QED) is 0.413. The molecular weight excluding hydrogens is 498 g/mol. The third-order valence-corrected chi connectivity index (χ3v) is 8.55. The first-order valence-electron chi connectivity index (χ1n) is 10.9. The van der Waals surface area contributed by atoms with Gasteiger partial charge in [-0.1, -0.05) is 12.1 Å². The lowest BCUT2D eigenvalue weighted by Gasteiger charge is -2.10. The second kappa shape index (κ2) is 9.17. The van der Waals surface area contributed by atoms with Gasteiger partial charge in [0, 0.05) is 42.5 Å². The summed E-state index contributed by atoms with van der Waals surface area (Å²) in [5, 5.41) is 6.23. The zero-order valence-corrected chi connectivity index (χ0v) is 21.0. The molecule has 0 aliphatic carbocycles. The lowest BCUT2D eigenvalue weighted by atomic mass is 10.1. The van der Waals surface area contributed by atoms with E-state index in [0.29, 0.717) is 0 Å². The SMILES string of the molecule is CN(C)c1ccc(-c2ncc(CNC(=O)c3ccc4c(c3)NC(=O)c3ccccc3S4(=O)=O)s2)cn1. The number of nitrogens with one attached hydrogen (secondary N) is 2. The molecule has 11 heteroatoms. The van der Waals surface area contributed by atoms with Gasteiger partial charge in [0.25, 0.3) is 11.8 Å². The number of hydrogen-bond acceptors (Lipinski definition) is 8. The first kappa shape index (κ1) is 23.6. The normalized spacial score (nSPS) is 13.7. The van der Waals surface area contributed by atoms with Gasteiger partial charge in [0.15, 0.2) is 0 Å². The number of nitrogens with zero attached hydrogens (tertiary/aromatic N) is 3. The molecule has 1 aliphatic heterocycles. The smallest absolute Gasteiger partial charge is 0.257 e. The van der Waals surface area contributed by atoms with Gasteiger partial charge in [-0.2, -0.15) is 0 Å². The van der Waals surface area contributed by atoms with Crippen LogP contribution in [0.5, 0.6) is 0 Å². The van der Waals surface area contributed by atoms with Crippen LogP contribution >= 0.6 is 11.3 Å². The Balaban J connectivity index is 1.32. The van der Waals surface area contributed by atoms with E-state index in [2.05, 4.69) is 20.6 Å². The van der Waals surface area contributed by atoms with Crippen molar-refractivity contribution in [2.75, 3.05) is 24.3 Å². The molecule has 5 rings (SSSR count). The fourth-order valence-electron chi connectivity index (χ4n) is 3.77. The number of aromatic nitrogens is 2. The predicted octanol–water partition coefficient (Wildman–Crippen LogP) is 3.60. The number of sulfone groups is 1. The van der Waals surface area contributed by atoms with Crippen molar-refractivity contribution >= 4 is 44.5 Å². The molecule has 2 amide bonds. The second-order valence-electron chi connectivity index (χ2n) is 8.28. The van der Waals surface area contributed by atoms with Gasteiger partial charge in [0.05, 0.1) is 27.6 Å². The molecule has 0 radical (unpaired) electrons. The van der Waals surface area contributed by atoms with Gasteiger partial charge < -0.3 is 15.5 Å². The summed E-state index contributed by atoms with van der Waals surface area (Å²) in [6.45, 7) is 0.243. The molecule has 0 spiro atoms. The van der Waals surface area contributed by atoms with Crippen molar-refractivity contribution < 1.29 is 18.0 Å². The van der Waals surface area contributed by atoms with Gasteiger partial charge in [0.1, 0.15) is 10.8 Å². The van der Waals surface area contributed by atoms with Gasteiger partial charge in [-0.15, -0.1) is 11.3 Å². The number of carbonyl (C=O) groups is 2. The Labute approximate surface area is 211 Å². The zero-order valence-electron chi connectivity index (χ0n) is 19.3. The van der Waals surface area contributed by atoms with Crippen molar-refractivity contribution in [2.45, 2.75) is 16.3 Å². The van der Waals surface area contributed by atoms with Gasteiger partial charge in [-0.25, -0.2) is 18.4 Å². The summed E-state index contributed by atoms with van der Waals surface area (Å²) >= 11 is 1.44. The monoisotopic (exact) mass is 519 g/mol. The fourth-order valence-corrected chi connectivity index (χ4v) is 6.20. The maximum absolute atomic E-state index is 13.1. The standard InChI is InChI=1S/C25H21N5O4S2/c1-30(2)22-10-8-16(12-26-22)25-28-14-17(35-25)13-27-23(31)15-7-9-21-19(11-15)29-24(32)18-5-3-4-6-20(18)36(21,33)34/h3-12,14H,13H2,1-2H3,(H,27,31)(H,29,32). The highest BCUT2D eigenvalue weighted by Crippen LogP contribution is 2.34. The average molecular weight is 520 g/mol. The first-order chi connectivity index (χ1) is 17.2. The first-order valence-corrected chi connectivity index (χ1v) is 13.2. The molecule has 0 fully saturated rings. The molecule has 2 aromatic carbocycles. The minimum Gasteiger partial charge on any atom is -0.363 e. The minimum absolute atomic E-state index is 0.0571. The highest BCUT2D eigenvalue weighted by atomic mass is 32.2. The molecule has 0 saturated carbocycles. The Morgan fingerprint density at radius 3 is 2.58 bits per heavy atom. The van der Waals surface area contributed by atoms with Crippen molar-refractivity contribution in [1.29, 1.82) is 0 Å². The molecule has 9 nitrogen and oxygen atoms in total. The largest absolute Gasteiger partial charge is 0.363 e. The van der Waals surface area contributed by atoms with Crippen molar-refractivity contribution in [3.05, 3.63) is 83.0 Å². The molecule has 0 saturated heterocycles. The minimum atomic E-state index is -3.93. The van der Waals surface area contributed by atoms with Crippen LogP contribution in [-0.2, 0) is 16.4 Å². The van der Waals surface area contributed by atoms with Crippen LogP contribution in [0.3, 0.4) is 0 Å². The maximum atomic E-state index is 13.1. The fraction of sp³-hybridized carbons (Fsp3) is 0.120. The van der Waals surface area contributed by atoms with E-state index < -0.39 is 21.7 Å². The lowest BCUT2D eigenvalue weighted by molar-refractivity contribution is 0.0949. The number of amides is 2. The van der Waals surface area contributed by atoms with Crippen molar-refractivity contribution in [3.63, 3.8) is 0 Å². The number of pyridine rings is 1. The van der Waals surface area contributed by atoms with Crippen LogP contribution in [0.15, 0.2) is 76.8 Å². The number of hydrogen-bond donors (Lipinski definition) is 2. The molecule has 2 N–H and O–H groups in total. The number of rotatable bonds is 5. The zero-order chi connectivity index (χ0) is 25.4. The molecule has 0 bridgehead atoms. The maximum Gasteiger partial charge on any atom is 0.257 e. The number of anilines is 2. The number of fused-ring (bicyclic) bond motifs is 2. The molecule has 2 aromatic heterocycles. The van der Waals surface area contributed by atoms with E-state index in [-0.39, 0.29) is 33.2 Å². The van der Waals surface area contributed by atoms with Crippen molar-refractivity contribution in [1.82, 2.24) is 15.3 Å². The van der Waals surface area contributed by atoms with Gasteiger partial charge in [-0.05, 0) is 42.5 Å². The van der Waals surface area contributed by atoms with Crippen molar-refractivity contribution in [2.24, 2.45) is 0 Å². The number of carbonyl (C=O) groups excluding carboxylic acids is 2. The van der Waals surface area contributed by atoms with Crippen LogP contribution < -0.4 is 15.5 Å². The summed E-state index contributed by atoms with van der Waals surface area (Å²) in [7, 11) is -0.0916. The third kappa shape index (κ3) is 4.34. The molecule has 1 aliphatic rings. The lowest BCUT2D eigenvalue weighted by Crippen LogP contribution is -2.22. The van der Waals surface area contributed by atoms with Crippen LogP contribution in [-0.4, -0.2) is 44.3 Å². The Hall–Kier alpha value is -4.09. The number of benzene rings is 2. The predicted molar refractivity (Wildman–Crippen MR) is 137 cm³/mol. The van der Waals surface area contributed by atoms with Crippen LogP contribution in [0.2, 0.25) is 0 Å². The molecule has 36 heavy (non-hydrogen) atoms. The van der Waals surface area contributed by atoms with E-state index in [0.717, 1.165) is 21.3 Å². The summed E-state index contributed by atoms with van der Waals surface area (Å²) in [4.78, 5) is 36.9. The highest BCUT2D eigenvalue weighted by molar-refractivity contribution is 7.91. The second-order valence-corrected chi connectivity index (χ2v) is 11.3. The Bertz CT molecular complexity index is 1590. The van der Waals surface area contributed by atoms with Gasteiger partial charge in [-0.3, -0.25) is 9.59 Å². The van der Waals surface area contributed by atoms with E-state index in [1.54, 1.807) is 24.5 Å². The summed E-state index contributed by atoms with van der Waals surface area (Å²) in [5.74, 6) is -0.106. The molecular formula is C25H21N5O4S2. The van der Waals surface area contributed by atoms with Crippen LogP contribution in [0.4, 0.5) is 11.5 Å². The molecule has 0 atom stereocenters. The third-order valence-electron chi connectivity index (χ3n) is 5.63. The highest BCUT2D eigenvalue weighted by Gasteiger charge is 2.31. The van der Waals surface area contributed by atoms with Crippen LogP contribution in [0, 0.1) is 0 Å². The number of thiazole rings is 1. The average Bonchev–Trinajstić information content (AvgIpc) is 3.33. The topological polar surface area (TPSA) is 121 Å². The van der Waals surface area contributed by atoms with Gasteiger partial charge >= 0.3 is 0 Å². The summed E-state index contributed by atoms with van der Waals surface area (Å²) in [6, 6.07) is 14.0. The summed E-state index contributed by atoms with van der Waals surface area (Å²) in [6.07, 6.45) is 3.45. The molecule has 3 heterocycles. The Morgan fingerprint density at radius 2 is 1.83 bits per heavy atom. The van der Waals surface area contributed by atoms with Crippen molar-refractivity contribution in [3.8, 4) is 10.6 Å². The summed E-state index contributed by atoms with van der Waals surface area (Å²) < 4.78 is 26.2. The van der Waals surface area contributed by atoms with E-state index in [9.17, 15) is 18.0 Å².